The van der Waals surface area contributed by atoms with Crippen molar-refractivity contribution in [3.8, 4) is 0 Å². The lowest BCUT2D eigenvalue weighted by Gasteiger charge is -2.85. The first-order valence-corrected chi connectivity index (χ1v) is 12.9. The Hall–Kier alpha value is -3.94. The summed E-state index contributed by atoms with van der Waals surface area (Å²) in [6.07, 6.45) is 2.83. The van der Waals surface area contributed by atoms with Crippen molar-refractivity contribution in [2.45, 2.75) is 23.8 Å². The van der Waals surface area contributed by atoms with Gasteiger partial charge in [0.15, 0.2) is 5.78 Å². The molecule has 0 radical (unpaired) electrons. The molecule has 2 aliphatic heterocycles. The molecule has 2 aromatic rings. The summed E-state index contributed by atoms with van der Waals surface area (Å²) in [6, 6.07) is 18.2. The minimum Gasteiger partial charge on any atom is -0.468 e. The van der Waals surface area contributed by atoms with Gasteiger partial charge in [-0.3, -0.25) is 19.3 Å². The van der Waals surface area contributed by atoms with Gasteiger partial charge >= 0.3 is 18.0 Å². The zero-order chi connectivity index (χ0) is 26.7. The standard InChI is InChI=1S/C30H27NO7/c1-4-38-26(35)31-16-15-19-20-21-22(31)30(18-13-9-6-10-14-18)27(19,24(33)36-2)23(32)28(20,25(34)37-3)29(21,30)17-11-7-5-8-12-17/h5-16,19-22H,4H2,1-3H3. The van der Waals surface area contributed by atoms with Gasteiger partial charge in [0, 0.05) is 17.5 Å². The quantitative estimate of drug-likeness (QED) is 0.344. The highest BCUT2D eigenvalue weighted by atomic mass is 16.6. The number of ether oxygens (including phenoxy) is 3. The molecule has 38 heavy (non-hydrogen) atoms. The minimum absolute atomic E-state index is 0.169. The van der Waals surface area contributed by atoms with Gasteiger partial charge in [-0.2, -0.15) is 0 Å². The second-order valence-corrected chi connectivity index (χ2v) is 10.7. The predicted molar refractivity (Wildman–Crippen MR) is 132 cm³/mol. The molecule has 8 atom stereocenters. The lowest BCUT2D eigenvalue weighted by atomic mass is 9.15. The summed E-state index contributed by atoms with van der Waals surface area (Å²) in [5.41, 5.74) is -4.29. The number of allylic oxidation sites excluding steroid dienone is 1. The smallest absolute Gasteiger partial charge is 0.414 e. The van der Waals surface area contributed by atoms with Gasteiger partial charge < -0.3 is 14.2 Å². The number of ketones is 1. The summed E-state index contributed by atoms with van der Waals surface area (Å²) in [5, 5.41) is 0. The van der Waals surface area contributed by atoms with Crippen LogP contribution in [0.15, 0.2) is 72.9 Å². The van der Waals surface area contributed by atoms with Crippen molar-refractivity contribution < 1.29 is 33.4 Å². The largest absolute Gasteiger partial charge is 0.468 e. The molecule has 194 valence electrons. The summed E-state index contributed by atoms with van der Waals surface area (Å²) >= 11 is 0. The third-order valence-electron chi connectivity index (χ3n) is 10.3. The molecular weight excluding hydrogens is 486 g/mol. The maximum Gasteiger partial charge on any atom is 0.414 e. The predicted octanol–water partition coefficient (Wildman–Crippen LogP) is 3.01. The molecule has 8 heteroatoms. The molecule has 0 saturated heterocycles. The average molecular weight is 514 g/mol. The van der Waals surface area contributed by atoms with E-state index in [2.05, 4.69) is 0 Å². The molecule has 2 aromatic carbocycles. The average Bonchev–Trinajstić information content (AvgIpc) is 3.05. The fraction of sp³-hybridized carbons (Fsp3) is 0.400. The topological polar surface area (TPSA) is 99.2 Å². The van der Waals surface area contributed by atoms with Crippen LogP contribution in [0.25, 0.3) is 0 Å². The van der Waals surface area contributed by atoms with E-state index in [4.69, 9.17) is 14.2 Å². The molecular formula is C30H27NO7. The number of benzene rings is 2. The molecule has 8 rings (SSSR count). The van der Waals surface area contributed by atoms with Crippen LogP contribution < -0.4 is 0 Å². The van der Waals surface area contributed by atoms with Gasteiger partial charge in [0.05, 0.1) is 32.3 Å². The molecule has 4 saturated carbocycles. The van der Waals surface area contributed by atoms with Gasteiger partial charge in [-0.05, 0) is 29.9 Å². The van der Waals surface area contributed by atoms with Crippen molar-refractivity contribution in [2.24, 2.45) is 28.6 Å². The Morgan fingerprint density at radius 3 is 1.92 bits per heavy atom. The van der Waals surface area contributed by atoms with Gasteiger partial charge in [-0.15, -0.1) is 0 Å². The van der Waals surface area contributed by atoms with E-state index in [-0.39, 0.29) is 12.5 Å². The van der Waals surface area contributed by atoms with Crippen molar-refractivity contribution in [1.29, 1.82) is 0 Å². The number of amides is 1. The highest BCUT2D eigenvalue weighted by Gasteiger charge is 3.11. The monoisotopic (exact) mass is 513 g/mol. The van der Waals surface area contributed by atoms with E-state index in [0.29, 0.717) is 5.56 Å². The van der Waals surface area contributed by atoms with Crippen LogP contribution in [0.3, 0.4) is 0 Å². The maximum atomic E-state index is 15.0. The van der Waals surface area contributed by atoms with Crippen LogP contribution in [0.4, 0.5) is 4.79 Å². The van der Waals surface area contributed by atoms with Gasteiger partial charge in [-0.25, -0.2) is 4.79 Å². The van der Waals surface area contributed by atoms with Crippen LogP contribution >= 0.6 is 0 Å². The highest BCUT2D eigenvalue weighted by Crippen LogP contribution is 2.99. The lowest BCUT2D eigenvalue weighted by Crippen LogP contribution is -2.95. The molecule has 4 aliphatic carbocycles. The zero-order valence-corrected chi connectivity index (χ0v) is 21.2. The molecule has 4 bridgehead atoms. The molecule has 4 fully saturated rings. The maximum absolute atomic E-state index is 15.0. The Morgan fingerprint density at radius 2 is 1.37 bits per heavy atom. The third-order valence-corrected chi connectivity index (χ3v) is 10.3. The van der Waals surface area contributed by atoms with Crippen molar-refractivity contribution in [3.05, 3.63) is 84.1 Å². The van der Waals surface area contributed by atoms with Crippen LogP contribution in [0.2, 0.25) is 0 Å². The number of rotatable bonds is 5. The number of esters is 2. The van der Waals surface area contributed by atoms with E-state index in [9.17, 15) is 14.4 Å². The normalized spacial score (nSPS) is 40.2. The first-order valence-electron chi connectivity index (χ1n) is 12.9. The van der Waals surface area contributed by atoms with Crippen molar-refractivity contribution in [1.82, 2.24) is 4.90 Å². The summed E-state index contributed by atoms with van der Waals surface area (Å²) in [6.45, 7) is 1.90. The number of carbonyl (C=O) groups excluding carboxylic acids is 4. The molecule has 0 spiro atoms. The van der Waals surface area contributed by atoms with Crippen LogP contribution in [0, 0.1) is 28.6 Å². The molecule has 6 aliphatic rings. The Morgan fingerprint density at radius 1 is 0.816 bits per heavy atom. The number of methoxy groups -OCH3 is 2. The number of hydrogen-bond donors (Lipinski definition) is 0. The summed E-state index contributed by atoms with van der Waals surface area (Å²) in [7, 11) is 2.56. The Bertz CT molecular complexity index is 1440. The first-order chi connectivity index (χ1) is 18.4. The summed E-state index contributed by atoms with van der Waals surface area (Å²) in [5.74, 6) is -3.29. The first kappa shape index (κ1) is 23.2. The van der Waals surface area contributed by atoms with E-state index >= 15 is 4.79 Å². The number of Topliss-reactive ketones (excluding diaryl/α,β-unsaturated/α-hetero) is 1. The number of hydrogen-bond acceptors (Lipinski definition) is 7. The Kier molecular flexibility index (Phi) is 4.35. The van der Waals surface area contributed by atoms with Crippen molar-refractivity contribution >= 4 is 23.8 Å². The van der Waals surface area contributed by atoms with E-state index in [1.165, 1.54) is 14.2 Å². The highest BCUT2D eigenvalue weighted by molar-refractivity contribution is 6.26. The van der Waals surface area contributed by atoms with Gasteiger partial charge in [-0.1, -0.05) is 66.7 Å². The number of fused-ring (bicyclic) bond motifs is 1. The van der Waals surface area contributed by atoms with Crippen LogP contribution in [0.5, 0.6) is 0 Å². The fourth-order valence-corrected chi connectivity index (χ4v) is 10.00. The third kappa shape index (κ3) is 1.80. The summed E-state index contributed by atoms with van der Waals surface area (Å²) in [4.78, 5) is 58.2. The Balaban J connectivity index is 1.67. The second kappa shape index (κ2) is 7.12. The lowest BCUT2D eigenvalue weighted by molar-refractivity contribution is -0.319. The van der Waals surface area contributed by atoms with E-state index in [0.717, 1.165) is 5.56 Å². The van der Waals surface area contributed by atoms with Gasteiger partial charge in [0.25, 0.3) is 0 Å². The van der Waals surface area contributed by atoms with Gasteiger partial charge in [0.1, 0.15) is 10.8 Å². The SMILES string of the molecule is CCOC(=O)N1C=CC2C3C4C1C1(c5ccccc5)C2(C(=O)OC)C(=O)C3(C(=O)OC)C41c1ccccc1. The van der Waals surface area contributed by atoms with Crippen LogP contribution in [-0.4, -0.2) is 55.6 Å². The zero-order valence-electron chi connectivity index (χ0n) is 21.2. The molecule has 8 unspecified atom stereocenters. The molecule has 0 N–H and O–H groups in total. The Labute approximate surface area is 219 Å². The van der Waals surface area contributed by atoms with Crippen LogP contribution in [0.1, 0.15) is 18.1 Å². The summed E-state index contributed by atoms with van der Waals surface area (Å²) < 4.78 is 16.3. The number of nitrogens with zero attached hydrogens (tertiary/aromatic N) is 1. The second-order valence-electron chi connectivity index (χ2n) is 10.7. The molecule has 0 aromatic heterocycles. The van der Waals surface area contributed by atoms with E-state index in [1.807, 2.05) is 60.7 Å². The molecule has 2 heterocycles. The van der Waals surface area contributed by atoms with Crippen LogP contribution in [-0.2, 0) is 39.4 Å². The van der Waals surface area contributed by atoms with E-state index in [1.54, 1.807) is 24.1 Å². The van der Waals surface area contributed by atoms with Crippen molar-refractivity contribution in [2.75, 3.05) is 20.8 Å². The van der Waals surface area contributed by atoms with E-state index < -0.39 is 63.4 Å². The number of carbonyl (C=O) groups is 4. The minimum atomic E-state index is -1.74. The molecule has 8 nitrogen and oxygen atoms in total. The fourth-order valence-electron chi connectivity index (χ4n) is 10.00. The van der Waals surface area contributed by atoms with Gasteiger partial charge in [0.2, 0.25) is 0 Å². The van der Waals surface area contributed by atoms with Crippen molar-refractivity contribution in [3.63, 3.8) is 0 Å². The molecule has 1 amide bonds.